The van der Waals surface area contributed by atoms with Gasteiger partial charge >= 0.3 is 0 Å². The van der Waals surface area contributed by atoms with Gasteiger partial charge in [-0.2, -0.15) is 0 Å². The zero-order chi connectivity index (χ0) is 13.8. The average molecular weight is 271 g/mol. The summed E-state index contributed by atoms with van der Waals surface area (Å²) >= 11 is 0. The Morgan fingerprint density at radius 1 is 1.00 bits per heavy atom. The fourth-order valence-corrected chi connectivity index (χ4v) is 2.85. The molecule has 3 heteroatoms. The summed E-state index contributed by atoms with van der Waals surface area (Å²) in [5.74, 6) is 0.757. The molecular weight excluding hydrogens is 250 g/mol. The smallest absolute Gasteiger partial charge is 0.210 e. The molecule has 2 aromatic rings. The standard InChI is InChI=1S/C17H21NO2/c19-17(13-18-11-4-1-5-12-18)20-16-10-6-8-14-7-2-3-9-15(14)16/h2-3,6-10,17,19H,1,4-5,11-13H2/t17-/m1/s1. The Bertz CT molecular complexity index is 558. The lowest BCUT2D eigenvalue weighted by molar-refractivity contribution is -0.0428. The number of rotatable bonds is 4. The highest BCUT2D eigenvalue weighted by Gasteiger charge is 2.16. The van der Waals surface area contributed by atoms with Crippen LogP contribution >= 0.6 is 0 Å². The van der Waals surface area contributed by atoms with Crippen molar-refractivity contribution >= 4 is 10.8 Å². The molecule has 0 aromatic heterocycles. The minimum absolute atomic E-state index is 0.587. The van der Waals surface area contributed by atoms with Crippen molar-refractivity contribution in [2.75, 3.05) is 19.6 Å². The second-order valence-corrected chi connectivity index (χ2v) is 5.41. The van der Waals surface area contributed by atoms with Crippen LogP contribution in [0, 0.1) is 0 Å². The number of ether oxygens (including phenoxy) is 1. The Morgan fingerprint density at radius 3 is 2.60 bits per heavy atom. The van der Waals surface area contributed by atoms with Crippen LogP contribution in [0.4, 0.5) is 0 Å². The van der Waals surface area contributed by atoms with Crippen molar-refractivity contribution in [1.29, 1.82) is 0 Å². The Morgan fingerprint density at radius 2 is 1.75 bits per heavy atom. The monoisotopic (exact) mass is 271 g/mol. The molecular formula is C17H21NO2. The Labute approximate surface area is 119 Å². The van der Waals surface area contributed by atoms with Gasteiger partial charge in [0.25, 0.3) is 0 Å². The second kappa shape index (κ2) is 6.25. The zero-order valence-electron chi connectivity index (χ0n) is 11.7. The summed E-state index contributed by atoms with van der Waals surface area (Å²) in [6.07, 6.45) is 2.98. The quantitative estimate of drug-likeness (QED) is 0.868. The van der Waals surface area contributed by atoms with Gasteiger partial charge < -0.3 is 9.84 Å². The summed E-state index contributed by atoms with van der Waals surface area (Å²) in [6.45, 7) is 2.72. The summed E-state index contributed by atoms with van der Waals surface area (Å²) in [5, 5.41) is 12.3. The van der Waals surface area contributed by atoms with Crippen molar-refractivity contribution in [3.05, 3.63) is 42.5 Å². The van der Waals surface area contributed by atoms with Gasteiger partial charge in [0.2, 0.25) is 6.29 Å². The lowest BCUT2D eigenvalue weighted by atomic mass is 10.1. The molecule has 0 aliphatic carbocycles. The first kappa shape index (κ1) is 13.4. The van der Waals surface area contributed by atoms with Gasteiger partial charge in [-0.3, -0.25) is 4.90 Å². The van der Waals surface area contributed by atoms with E-state index < -0.39 is 6.29 Å². The molecule has 1 saturated heterocycles. The van der Waals surface area contributed by atoms with Gasteiger partial charge in [0, 0.05) is 5.39 Å². The number of aliphatic hydroxyl groups excluding tert-OH is 1. The molecule has 2 aromatic carbocycles. The highest BCUT2D eigenvalue weighted by atomic mass is 16.6. The molecule has 0 bridgehead atoms. The topological polar surface area (TPSA) is 32.7 Å². The van der Waals surface area contributed by atoms with Crippen LogP contribution < -0.4 is 4.74 Å². The predicted molar refractivity (Wildman–Crippen MR) is 80.9 cm³/mol. The van der Waals surface area contributed by atoms with Gasteiger partial charge in [0.1, 0.15) is 5.75 Å². The molecule has 1 fully saturated rings. The molecule has 1 N–H and O–H groups in total. The molecule has 1 aliphatic rings. The van der Waals surface area contributed by atoms with Crippen molar-refractivity contribution in [3.8, 4) is 5.75 Å². The van der Waals surface area contributed by atoms with Crippen molar-refractivity contribution in [3.63, 3.8) is 0 Å². The van der Waals surface area contributed by atoms with Gasteiger partial charge in [-0.1, -0.05) is 42.8 Å². The first-order valence-electron chi connectivity index (χ1n) is 7.38. The Balaban J connectivity index is 1.69. The van der Waals surface area contributed by atoms with E-state index in [4.69, 9.17) is 4.74 Å². The van der Waals surface area contributed by atoms with Crippen LogP contribution in [0.5, 0.6) is 5.75 Å². The lowest BCUT2D eigenvalue weighted by Crippen LogP contribution is -2.38. The SMILES string of the molecule is O[C@@H](CN1CCCCC1)Oc1cccc2ccccc12. The first-order valence-corrected chi connectivity index (χ1v) is 7.38. The van der Waals surface area contributed by atoms with E-state index in [0.717, 1.165) is 29.6 Å². The maximum absolute atomic E-state index is 10.2. The molecule has 0 radical (unpaired) electrons. The van der Waals surface area contributed by atoms with Crippen LogP contribution in [0.15, 0.2) is 42.5 Å². The number of benzene rings is 2. The summed E-state index contributed by atoms with van der Waals surface area (Å²) in [6, 6.07) is 14.0. The van der Waals surface area contributed by atoms with Crippen LogP contribution in [-0.4, -0.2) is 35.9 Å². The summed E-state index contributed by atoms with van der Waals surface area (Å²) in [4.78, 5) is 2.28. The van der Waals surface area contributed by atoms with E-state index in [-0.39, 0.29) is 0 Å². The zero-order valence-corrected chi connectivity index (χ0v) is 11.7. The number of nitrogens with zero attached hydrogens (tertiary/aromatic N) is 1. The van der Waals surface area contributed by atoms with Crippen LogP contribution in [0.25, 0.3) is 10.8 Å². The summed E-state index contributed by atoms with van der Waals surface area (Å²) < 4.78 is 5.74. The highest BCUT2D eigenvalue weighted by molar-refractivity contribution is 5.88. The minimum Gasteiger partial charge on any atom is -0.463 e. The summed E-state index contributed by atoms with van der Waals surface area (Å²) in [7, 11) is 0. The molecule has 0 saturated carbocycles. The van der Waals surface area contributed by atoms with E-state index in [1.165, 1.54) is 19.3 Å². The third kappa shape index (κ3) is 3.11. The minimum atomic E-state index is -0.765. The molecule has 1 atom stereocenters. The number of aliphatic hydroxyl groups is 1. The largest absolute Gasteiger partial charge is 0.463 e. The maximum Gasteiger partial charge on any atom is 0.210 e. The molecule has 0 amide bonds. The molecule has 3 rings (SSSR count). The Hall–Kier alpha value is -1.58. The lowest BCUT2D eigenvalue weighted by Gasteiger charge is -2.28. The number of piperidine rings is 1. The van der Waals surface area contributed by atoms with E-state index in [0.29, 0.717) is 6.54 Å². The van der Waals surface area contributed by atoms with Crippen LogP contribution in [0.1, 0.15) is 19.3 Å². The molecule has 0 spiro atoms. The normalized spacial score (nSPS) is 18.1. The number of likely N-dealkylation sites (tertiary alicyclic amines) is 1. The third-order valence-electron chi connectivity index (χ3n) is 3.88. The van der Waals surface area contributed by atoms with Crippen molar-refractivity contribution < 1.29 is 9.84 Å². The van der Waals surface area contributed by atoms with Crippen molar-refractivity contribution in [2.45, 2.75) is 25.6 Å². The van der Waals surface area contributed by atoms with E-state index in [9.17, 15) is 5.11 Å². The molecule has 1 aliphatic heterocycles. The fraction of sp³-hybridized carbons (Fsp3) is 0.412. The number of hydrogen-bond donors (Lipinski definition) is 1. The third-order valence-corrected chi connectivity index (χ3v) is 3.88. The molecule has 20 heavy (non-hydrogen) atoms. The average Bonchev–Trinajstić information content (AvgIpc) is 2.48. The fourth-order valence-electron chi connectivity index (χ4n) is 2.85. The first-order chi connectivity index (χ1) is 9.83. The van der Waals surface area contributed by atoms with Crippen molar-refractivity contribution in [2.24, 2.45) is 0 Å². The molecule has 3 nitrogen and oxygen atoms in total. The second-order valence-electron chi connectivity index (χ2n) is 5.41. The molecule has 0 unspecified atom stereocenters. The maximum atomic E-state index is 10.2. The van der Waals surface area contributed by atoms with E-state index in [1.54, 1.807) is 0 Å². The van der Waals surface area contributed by atoms with Gasteiger partial charge in [-0.25, -0.2) is 0 Å². The molecule has 1 heterocycles. The van der Waals surface area contributed by atoms with Crippen LogP contribution in [-0.2, 0) is 0 Å². The number of fused-ring (bicyclic) bond motifs is 1. The number of hydrogen-bond acceptors (Lipinski definition) is 3. The Kier molecular flexibility index (Phi) is 4.19. The van der Waals surface area contributed by atoms with Crippen molar-refractivity contribution in [1.82, 2.24) is 4.90 Å². The van der Waals surface area contributed by atoms with E-state index >= 15 is 0 Å². The van der Waals surface area contributed by atoms with Gasteiger partial charge in [0.15, 0.2) is 0 Å². The van der Waals surface area contributed by atoms with E-state index in [2.05, 4.69) is 17.0 Å². The van der Waals surface area contributed by atoms with Gasteiger partial charge in [0.05, 0.1) is 6.54 Å². The number of β-amino-alcohol motifs (C(OH)–C–C–N with tert-alkyl or cyclic N) is 1. The van der Waals surface area contributed by atoms with E-state index in [1.807, 2.05) is 30.3 Å². The van der Waals surface area contributed by atoms with Gasteiger partial charge in [-0.15, -0.1) is 0 Å². The highest BCUT2D eigenvalue weighted by Crippen LogP contribution is 2.26. The summed E-state index contributed by atoms with van der Waals surface area (Å²) in [5.41, 5.74) is 0. The van der Waals surface area contributed by atoms with Crippen LogP contribution in [0.3, 0.4) is 0 Å². The molecule has 106 valence electrons. The predicted octanol–water partition coefficient (Wildman–Crippen LogP) is 3.02. The van der Waals surface area contributed by atoms with Crippen LogP contribution in [0.2, 0.25) is 0 Å². The van der Waals surface area contributed by atoms with Gasteiger partial charge in [-0.05, 0) is 37.4 Å².